The van der Waals surface area contributed by atoms with Crippen molar-refractivity contribution in [2.75, 3.05) is 18.5 Å². The van der Waals surface area contributed by atoms with Crippen LogP contribution >= 0.6 is 0 Å². The fourth-order valence-corrected chi connectivity index (χ4v) is 3.57. The lowest BCUT2D eigenvalue weighted by Crippen LogP contribution is -2.45. The van der Waals surface area contributed by atoms with E-state index in [2.05, 4.69) is 5.32 Å². The average Bonchev–Trinajstić information content (AvgIpc) is 2.98. The molecule has 3 amide bonds. The maximum absolute atomic E-state index is 12.5. The van der Waals surface area contributed by atoms with Crippen LogP contribution in [0.1, 0.15) is 26.7 Å². The van der Waals surface area contributed by atoms with Crippen molar-refractivity contribution in [3.8, 4) is 5.75 Å². The van der Waals surface area contributed by atoms with Gasteiger partial charge in [0.2, 0.25) is 11.8 Å². The van der Waals surface area contributed by atoms with Crippen LogP contribution in [0.5, 0.6) is 5.75 Å². The van der Waals surface area contributed by atoms with E-state index in [1.165, 1.54) is 6.92 Å². The Bertz CT molecular complexity index is 806. The van der Waals surface area contributed by atoms with E-state index in [0.717, 1.165) is 4.90 Å². The summed E-state index contributed by atoms with van der Waals surface area (Å²) in [6, 6.07) is 5.70. The number of imide groups is 1. The number of anilines is 1. The molecule has 0 aromatic heterocycles. The van der Waals surface area contributed by atoms with Crippen LogP contribution in [0.4, 0.5) is 5.69 Å². The third-order valence-electron chi connectivity index (χ3n) is 5.06. The molecule has 154 valence electrons. The zero-order chi connectivity index (χ0) is 21.0. The van der Waals surface area contributed by atoms with Crippen LogP contribution < -0.4 is 10.1 Å². The van der Waals surface area contributed by atoms with Gasteiger partial charge in [0, 0.05) is 5.69 Å². The second-order valence-corrected chi connectivity index (χ2v) is 6.99. The number of fused-ring (bicyclic) bond motifs is 1. The normalized spacial score (nSPS) is 21.5. The van der Waals surface area contributed by atoms with E-state index in [1.807, 2.05) is 19.1 Å². The van der Waals surface area contributed by atoms with E-state index in [0.29, 0.717) is 30.9 Å². The summed E-state index contributed by atoms with van der Waals surface area (Å²) < 4.78 is 10.4. The van der Waals surface area contributed by atoms with Crippen molar-refractivity contribution in [3.63, 3.8) is 0 Å². The van der Waals surface area contributed by atoms with Crippen molar-refractivity contribution in [1.29, 1.82) is 0 Å². The van der Waals surface area contributed by atoms with Gasteiger partial charge in [-0.3, -0.25) is 19.3 Å². The molecule has 1 heterocycles. The fraction of sp³-hybridized carbons (Fsp3) is 0.429. The van der Waals surface area contributed by atoms with E-state index < -0.39 is 36.4 Å². The molecule has 3 rings (SSSR count). The minimum absolute atomic E-state index is 0.354. The molecule has 0 radical (unpaired) electrons. The molecule has 1 aromatic rings. The van der Waals surface area contributed by atoms with Crippen LogP contribution in [0.3, 0.4) is 0 Å². The predicted octanol–water partition coefficient (Wildman–Crippen LogP) is 1.91. The molecular formula is C21H24N2O6. The molecule has 1 saturated heterocycles. The van der Waals surface area contributed by atoms with Gasteiger partial charge in [0.25, 0.3) is 5.91 Å². The minimum Gasteiger partial charge on any atom is -0.494 e. The van der Waals surface area contributed by atoms with E-state index in [9.17, 15) is 19.2 Å². The molecule has 1 aliphatic heterocycles. The summed E-state index contributed by atoms with van der Waals surface area (Å²) in [6.45, 7) is 3.34. The Morgan fingerprint density at radius 3 is 2.24 bits per heavy atom. The second-order valence-electron chi connectivity index (χ2n) is 6.99. The number of amides is 3. The van der Waals surface area contributed by atoms with E-state index in [1.54, 1.807) is 24.3 Å². The topological polar surface area (TPSA) is 102 Å². The first-order valence-corrected chi connectivity index (χ1v) is 9.63. The highest BCUT2D eigenvalue weighted by molar-refractivity contribution is 6.08. The van der Waals surface area contributed by atoms with Crippen molar-refractivity contribution in [3.05, 3.63) is 36.4 Å². The third kappa shape index (κ3) is 4.47. The summed E-state index contributed by atoms with van der Waals surface area (Å²) in [4.78, 5) is 50.4. The van der Waals surface area contributed by atoms with Gasteiger partial charge in [-0.15, -0.1) is 0 Å². The first kappa shape index (κ1) is 20.6. The lowest BCUT2D eigenvalue weighted by molar-refractivity contribution is -0.159. The SMILES string of the molecule is CCOc1ccc(NC(=O)COC(=O)[C@H](C)N2C(=O)[C@H]3CC=CC[C@@H]3C2=O)cc1. The molecule has 3 atom stereocenters. The molecule has 29 heavy (non-hydrogen) atoms. The number of likely N-dealkylation sites (tertiary alicyclic amines) is 1. The van der Waals surface area contributed by atoms with Crippen LogP contribution in [-0.2, 0) is 23.9 Å². The van der Waals surface area contributed by atoms with Gasteiger partial charge >= 0.3 is 5.97 Å². The number of benzene rings is 1. The van der Waals surface area contributed by atoms with Crippen LogP contribution in [-0.4, -0.2) is 47.8 Å². The Kier molecular flexibility index (Phi) is 6.31. The van der Waals surface area contributed by atoms with Gasteiger partial charge < -0.3 is 14.8 Å². The fourth-order valence-electron chi connectivity index (χ4n) is 3.57. The molecule has 1 aliphatic carbocycles. The Labute approximate surface area is 168 Å². The number of carbonyl (C=O) groups excluding carboxylic acids is 4. The average molecular weight is 400 g/mol. The molecule has 2 aliphatic rings. The number of carbonyl (C=O) groups is 4. The molecule has 0 unspecified atom stereocenters. The molecule has 0 saturated carbocycles. The van der Waals surface area contributed by atoms with Gasteiger partial charge in [0.15, 0.2) is 6.61 Å². The summed E-state index contributed by atoms with van der Waals surface area (Å²) in [6.07, 6.45) is 4.75. The highest BCUT2D eigenvalue weighted by atomic mass is 16.5. The summed E-state index contributed by atoms with van der Waals surface area (Å²) in [7, 11) is 0. The largest absolute Gasteiger partial charge is 0.494 e. The van der Waals surface area contributed by atoms with Crippen LogP contribution in [0.2, 0.25) is 0 Å². The maximum Gasteiger partial charge on any atom is 0.329 e. The molecule has 8 heteroatoms. The monoisotopic (exact) mass is 400 g/mol. The van der Waals surface area contributed by atoms with Gasteiger partial charge in [-0.2, -0.15) is 0 Å². The van der Waals surface area contributed by atoms with E-state index in [-0.39, 0.29) is 11.8 Å². The first-order chi connectivity index (χ1) is 13.9. The Morgan fingerprint density at radius 1 is 1.10 bits per heavy atom. The maximum atomic E-state index is 12.5. The minimum atomic E-state index is -1.07. The summed E-state index contributed by atoms with van der Waals surface area (Å²) in [5.74, 6) is -2.16. The van der Waals surface area contributed by atoms with Crippen LogP contribution in [0.15, 0.2) is 36.4 Å². The Balaban J connectivity index is 1.51. The van der Waals surface area contributed by atoms with Crippen molar-refractivity contribution in [2.24, 2.45) is 11.8 Å². The molecule has 1 fully saturated rings. The van der Waals surface area contributed by atoms with Gasteiger partial charge in [-0.05, 0) is 51.0 Å². The van der Waals surface area contributed by atoms with E-state index in [4.69, 9.17) is 9.47 Å². The van der Waals surface area contributed by atoms with Crippen molar-refractivity contribution >= 4 is 29.4 Å². The van der Waals surface area contributed by atoms with Gasteiger partial charge in [-0.1, -0.05) is 12.2 Å². The number of esters is 1. The van der Waals surface area contributed by atoms with Crippen molar-refractivity contribution in [2.45, 2.75) is 32.7 Å². The highest BCUT2D eigenvalue weighted by Crippen LogP contribution is 2.36. The number of hydrogen-bond donors (Lipinski definition) is 1. The summed E-state index contributed by atoms with van der Waals surface area (Å²) in [5.41, 5.74) is 0.532. The van der Waals surface area contributed by atoms with Crippen molar-refractivity contribution < 1.29 is 28.7 Å². The van der Waals surface area contributed by atoms with Gasteiger partial charge in [0.1, 0.15) is 11.8 Å². The summed E-state index contributed by atoms with van der Waals surface area (Å²) in [5, 5.41) is 2.61. The van der Waals surface area contributed by atoms with Crippen LogP contribution in [0, 0.1) is 11.8 Å². The zero-order valence-electron chi connectivity index (χ0n) is 16.4. The molecule has 0 spiro atoms. The third-order valence-corrected chi connectivity index (χ3v) is 5.06. The lowest BCUT2D eigenvalue weighted by atomic mass is 9.85. The number of nitrogens with zero attached hydrogens (tertiary/aromatic N) is 1. The Hall–Kier alpha value is -3.16. The first-order valence-electron chi connectivity index (χ1n) is 9.63. The number of nitrogens with one attached hydrogen (secondary N) is 1. The highest BCUT2D eigenvalue weighted by Gasteiger charge is 2.50. The second kappa shape index (κ2) is 8.89. The predicted molar refractivity (Wildman–Crippen MR) is 104 cm³/mol. The van der Waals surface area contributed by atoms with Crippen molar-refractivity contribution in [1.82, 2.24) is 4.90 Å². The quantitative estimate of drug-likeness (QED) is 0.426. The lowest BCUT2D eigenvalue weighted by Gasteiger charge is -2.21. The Morgan fingerprint density at radius 2 is 1.69 bits per heavy atom. The van der Waals surface area contributed by atoms with Crippen LogP contribution in [0.25, 0.3) is 0 Å². The molecule has 0 bridgehead atoms. The number of allylic oxidation sites excluding steroid dienone is 2. The van der Waals surface area contributed by atoms with Gasteiger partial charge in [-0.25, -0.2) is 4.79 Å². The number of ether oxygens (including phenoxy) is 2. The smallest absolute Gasteiger partial charge is 0.329 e. The number of rotatable bonds is 7. The zero-order valence-corrected chi connectivity index (χ0v) is 16.4. The standard InChI is InChI=1S/C21H24N2O6/c1-3-28-15-10-8-14(9-11-15)22-18(24)12-29-21(27)13(2)23-19(25)16-6-4-5-7-17(16)20(23)26/h4-5,8-11,13,16-17H,3,6-7,12H2,1-2H3,(H,22,24)/t13-,16-,17-/m0/s1. The van der Waals surface area contributed by atoms with Gasteiger partial charge in [0.05, 0.1) is 18.4 Å². The molecule has 1 N–H and O–H groups in total. The number of hydrogen-bond acceptors (Lipinski definition) is 6. The molecule has 1 aromatic carbocycles. The summed E-state index contributed by atoms with van der Waals surface area (Å²) >= 11 is 0. The molecular weight excluding hydrogens is 376 g/mol. The molecule has 8 nitrogen and oxygen atoms in total. The van der Waals surface area contributed by atoms with E-state index >= 15 is 0 Å².